The van der Waals surface area contributed by atoms with Gasteiger partial charge >= 0.3 is 12.0 Å². The molecule has 0 aromatic carbocycles. The van der Waals surface area contributed by atoms with Gasteiger partial charge in [-0.2, -0.15) is 0 Å². The molecule has 1 unspecified atom stereocenters. The second-order valence-electron chi connectivity index (χ2n) is 6.27. The lowest BCUT2D eigenvalue weighted by Crippen LogP contribution is -2.45. The van der Waals surface area contributed by atoms with Crippen molar-refractivity contribution in [1.29, 1.82) is 0 Å². The summed E-state index contributed by atoms with van der Waals surface area (Å²) in [7, 11) is 0. The maximum absolute atomic E-state index is 12.4. The molecule has 8 nitrogen and oxygen atoms in total. The molecule has 0 radical (unpaired) electrons. The smallest absolute Gasteiger partial charge is 0.325 e. The number of carboxylic acids is 1. The number of rotatable bonds is 3. The molecule has 3 rings (SSSR count). The molecule has 22 heavy (non-hydrogen) atoms. The molecule has 1 aliphatic carbocycles. The molecule has 1 atom stereocenters. The number of urea groups is 1. The Bertz CT molecular complexity index is 541. The molecule has 3 fully saturated rings. The lowest BCUT2D eigenvalue weighted by atomic mass is 9.98. The second-order valence-corrected chi connectivity index (χ2v) is 6.27. The molecule has 4 amide bonds. The van der Waals surface area contributed by atoms with Crippen LogP contribution in [0.5, 0.6) is 0 Å². The van der Waals surface area contributed by atoms with Gasteiger partial charge in [0.1, 0.15) is 12.1 Å². The van der Waals surface area contributed by atoms with Crippen LogP contribution in [0.25, 0.3) is 0 Å². The van der Waals surface area contributed by atoms with Crippen molar-refractivity contribution in [3.8, 4) is 0 Å². The monoisotopic (exact) mass is 309 g/mol. The quantitative estimate of drug-likeness (QED) is 0.701. The highest BCUT2D eigenvalue weighted by molar-refractivity contribution is 6.09. The number of carbonyl (C=O) groups excluding carboxylic acids is 3. The molecule has 1 saturated carbocycles. The summed E-state index contributed by atoms with van der Waals surface area (Å²) in [4.78, 5) is 50.0. The van der Waals surface area contributed by atoms with Crippen LogP contribution in [-0.2, 0) is 14.4 Å². The van der Waals surface area contributed by atoms with E-state index in [4.69, 9.17) is 5.11 Å². The van der Waals surface area contributed by atoms with Crippen LogP contribution in [0.15, 0.2) is 0 Å². The van der Waals surface area contributed by atoms with E-state index in [1.807, 2.05) is 0 Å². The Morgan fingerprint density at radius 1 is 1.27 bits per heavy atom. The fourth-order valence-corrected chi connectivity index (χ4v) is 3.56. The van der Waals surface area contributed by atoms with Crippen LogP contribution in [0.2, 0.25) is 0 Å². The van der Waals surface area contributed by atoms with Crippen LogP contribution in [-0.4, -0.2) is 63.9 Å². The van der Waals surface area contributed by atoms with Gasteiger partial charge in [-0.15, -0.1) is 0 Å². The zero-order chi connectivity index (χ0) is 15.9. The summed E-state index contributed by atoms with van der Waals surface area (Å²) in [5.41, 5.74) is -0.814. The fourth-order valence-electron chi connectivity index (χ4n) is 3.56. The summed E-state index contributed by atoms with van der Waals surface area (Å²) in [6, 6.07) is -0.519. The molecule has 0 aromatic heterocycles. The van der Waals surface area contributed by atoms with Crippen LogP contribution in [0.4, 0.5) is 4.79 Å². The highest BCUT2D eigenvalue weighted by atomic mass is 16.4. The van der Waals surface area contributed by atoms with Gasteiger partial charge < -0.3 is 15.3 Å². The Morgan fingerprint density at radius 2 is 1.95 bits per heavy atom. The maximum Gasteiger partial charge on any atom is 0.325 e. The number of hydrogen-bond acceptors (Lipinski definition) is 4. The highest BCUT2D eigenvalue weighted by Gasteiger charge is 2.53. The number of amides is 4. The Hall–Kier alpha value is -2.12. The van der Waals surface area contributed by atoms with Crippen molar-refractivity contribution >= 4 is 23.8 Å². The molecule has 8 heteroatoms. The van der Waals surface area contributed by atoms with Crippen molar-refractivity contribution in [2.45, 2.75) is 37.6 Å². The predicted molar refractivity (Wildman–Crippen MR) is 73.8 cm³/mol. The molecule has 120 valence electrons. The number of nitrogens with zero attached hydrogens (tertiary/aromatic N) is 2. The first kappa shape index (κ1) is 14.8. The zero-order valence-corrected chi connectivity index (χ0v) is 12.2. The number of carbonyl (C=O) groups is 4. The topological polar surface area (TPSA) is 107 Å². The lowest BCUT2D eigenvalue weighted by Gasteiger charge is -2.21. The number of carboxylic acid groups (broad SMARTS) is 1. The van der Waals surface area contributed by atoms with E-state index in [1.165, 1.54) is 4.90 Å². The van der Waals surface area contributed by atoms with E-state index in [2.05, 4.69) is 5.32 Å². The van der Waals surface area contributed by atoms with Gasteiger partial charge in [-0.3, -0.25) is 19.3 Å². The summed E-state index contributed by atoms with van der Waals surface area (Å²) in [5, 5.41) is 11.7. The van der Waals surface area contributed by atoms with E-state index in [0.29, 0.717) is 25.8 Å². The van der Waals surface area contributed by atoms with Crippen LogP contribution < -0.4 is 5.32 Å². The molecular formula is C14H19N3O5. The number of hydrogen-bond donors (Lipinski definition) is 2. The Kier molecular flexibility index (Phi) is 3.54. The molecule has 2 N–H and O–H groups in total. The molecule has 0 bridgehead atoms. The molecular weight excluding hydrogens is 290 g/mol. The minimum absolute atomic E-state index is 0.142. The Balaban J connectivity index is 1.63. The largest absolute Gasteiger partial charge is 0.481 e. The summed E-state index contributed by atoms with van der Waals surface area (Å²) in [6.07, 6.45) is 3.42. The van der Waals surface area contributed by atoms with E-state index in [9.17, 15) is 19.2 Å². The Labute approximate surface area is 127 Å². The number of aliphatic carboxylic acids is 1. The fraction of sp³-hybridized carbons (Fsp3) is 0.714. The van der Waals surface area contributed by atoms with Gasteiger partial charge in [0.25, 0.3) is 5.91 Å². The maximum atomic E-state index is 12.4. The van der Waals surface area contributed by atoms with E-state index >= 15 is 0 Å². The van der Waals surface area contributed by atoms with Crippen LogP contribution >= 0.6 is 0 Å². The summed E-state index contributed by atoms with van der Waals surface area (Å²) in [6.45, 7) is 0.187. The molecule has 1 spiro atoms. The van der Waals surface area contributed by atoms with Gasteiger partial charge in [0, 0.05) is 13.1 Å². The van der Waals surface area contributed by atoms with Crippen molar-refractivity contribution in [2.24, 2.45) is 5.92 Å². The van der Waals surface area contributed by atoms with Crippen molar-refractivity contribution < 1.29 is 24.3 Å². The molecule has 0 aromatic rings. The normalized spacial score (nSPS) is 26.8. The molecule has 2 heterocycles. The van der Waals surface area contributed by atoms with Gasteiger partial charge in [-0.1, -0.05) is 12.8 Å². The molecule has 2 aliphatic heterocycles. The number of nitrogens with one attached hydrogen (secondary N) is 1. The average molecular weight is 309 g/mol. The van der Waals surface area contributed by atoms with Crippen molar-refractivity contribution in [1.82, 2.24) is 15.1 Å². The van der Waals surface area contributed by atoms with E-state index in [-0.39, 0.29) is 24.9 Å². The Morgan fingerprint density at radius 3 is 2.55 bits per heavy atom. The van der Waals surface area contributed by atoms with Gasteiger partial charge in [0.05, 0.1) is 5.92 Å². The van der Waals surface area contributed by atoms with Crippen LogP contribution in [0.3, 0.4) is 0 Å². The standard InChI is InChI=1S/C14H19N3O5/c18-10(16-6-3-9(7-16)11(19)20)8-17-12(21)14(15-13(17)22)4-1-2-5-14/h9H,1-8H2,(H,15,22)(H,19,20). The van der Waals surface area contributed by atoms with Crippen LogP contribution in [0.1, 0.15) is 32.1 Å². The van der Waals surface area contributed by atoms with Crippen molar-refractivity contribution in [3.63, 3.8) is 0 Å². The van der Waals surface area contributed by atoms with Crippen molar-refractivity contribution in [3.05, 3.63) is 0 Å². The minimum Gasteiger partial charge on any atom is -0.481 e. The van der Waals surface area contributed by atoms with Gasteiger partial charge in [0.2, 0.25) is 5.91 Å². The van der Waals surface area contributed by atoms with Crippen LogP contribution in [0, 0.1) is 5.92 Å². The number of likely N-dealkylation sites (tertiary alicyclic amines) is 1. The second kappa shape index (κ2) is 5.26. The predicted octanol–water partition coefficient (Wildman–Crippen LogP) is -0.216. The average Bonchev–Trinajstić information content (AvgIpc) is 3.16. The third-order valence-electron chi connectivity index (χ3n) is 4.89. The zero-order valence-electron chi connectivity index (χ0n) is 12.2. The first-order valence-corrected chi connectivity index (χ1v) is 7.58. The first-order chi connectivity index (χ1) is 10.4. The molecule has 2 saturated heterocycles. The van der Waals surface area contributed by atoms with E-state index in [0.717, 1.165) is 17.7 Å². The van der Waals surface area contributed by atoms with Gasteiger partial charge in [-0.05, 0) is 19.3 Å². The molecule has 3 aliphatic rings. The van der Waals surface area contributed by atoms with E-state index < -0.39 is 23.5 Å². The van der Waals surface area contributed by atoms with E-state index in [1.54, 1.807) is 0 Å². The SMILES string of the molecule is O=C(O)C1CCN(C(=O)CN2C(=O)NC3(CCCC3)C2=O)C1. The van der Waals surface area contributed by atoms with Gasteiger partial charge in [0.15, 0.2) is 0 Å². The lowest BCUT2D eigenvalue weighted by molar-refractivity contribution is -0.142. The van der Waals surface area contributed by atoms with Crippen molar-refractivity contribution in [2.75, 3.05) is 19.6 Å². The summed E-state index contributed by atoms with van der Waals surface area (Å²) < 4.78 is 0. The summed E-state index contributed by atoms with van der Waals surface area (Å²) in [5.74, 6) is -2.18. The number of imide groups is 1. The minimum atomic E-state index is -0.921. The highest BCUT2D eigenvalue weighted by Crippen LogP contribution is 2.35. The third-order valence-corrected chi connectivity index (χ3v) is 4.89. The van der Waals surface area contributed by atoms with Gasteiger partial charge in [-0.25, -0.2) is 4.79 Å². The third kappa shape index (κ3) is 2.32. The first-order valence-electron chi connectivity index (χ1n) is 7.58. The summed E-state index contributed by atoms with van der Waals surface area (Å²) >= 11 is 0.